The van der Waals surface area contributed by atoms with Gasteiger partial charge in [-0.1, -0.05) is 36.4 Å². The molecule has 4 aromatic rings. The Hall–Kier alpha value is -4.96. The van der Waals surface area contributed by atoms with Gasteiger partial charge in [-0.2, -0.15) is 11.3 Å². The van der Waals surface area contributed by atoms with Crippen LogP contribution in [0.1, 0.15) is 28.8 Å². The van der Waals surface area contributed by atoms with Gasteiger partial charge in [0.2, 0.25) is 11.8 Å². The number of hydrogen-bond donors (Lipinski definition) is 4. The van der Waals surface area contributed by atoms with Crippen molar-refractivity contribution in [3.05, 3.63) is 101 Å². The minimum atomic E-state index is -1.00. The molecule has 3 aromatic carbocycles. The Labute approximate surface area is 229 Å². The van der Waals surface area contributed by atoms with Crippen LogP contribution in [0, 0.1) is 0 Å². The third-order valence-electron chi connectivity index (χ3n) is 5.78. The lowest BCUT2D eigenvalue weighted by atomic mass is 9.96. The van der Waals surface area contributed by atoms with Crippen molar-refractivity contribution in [1.82, 2.24) is 5.32 Å². The van der Waals surface area contributed by atoms with E-state index in [1.165, 1.54) is 18.3 Å². The molecule has 5 N–H and O–H groups in total. The van der Waals surface area contributed by atoms with E-state index in [-0.39, 0.29) is 29.8 Å². The van der Waals surface area contributed by atoms with E-state index in [0.717, 1.165) is 11.1 Å². The molecule has 39 heavy (non-hydrogen) atoms. The van der Waals surface area contributed by atoms with Crippen LogP contribution < -0.4 is 26.4 Å². The van der Waals surface area contributed by atoms with Gasteiger partial charge < -0.3 is 26.4 Å². The molecular weight excluding hydrogens is 516 g/mol. The molecule has 198 valence electrons. The van der Waals surface area contributed by atoms with Crippen LogP contribution in [-0.4, -0.2) is 30.4 Å². The van der Waals surface area contributed by atoms with E-state index in [9.17, 15) is 19.2 Å². The molecule has 1 aromatic heterocycles. The first-order valence-corrected chi connectivity index (χ1v) is 12.9. The predicted octanol–water partition coefficient (Wildman–Crippen LogP) is 4.98. The summed E-state index contributed by atoms with van der Waals surface area (Å²) in [7, 11) is 0. The minimum Gasteiger partial charge on any atom is -0.408 e. The molecular formula is C29H26N4O5S. The second-order valence-electron chi connectivity index (χ2n) is 8.57. The van der Waals surface area contributed by atoms with Gasteiger partial charge in [-0.05, 0) is 69.9 Å². The molecule has 0 radical (unpaired) electrons. The fourth-order valence-corrected chi connectivity index (χ4v) is 4.52. The molecule has 0 aliphatic heterocycles. The normalized spacial score (nSPS) is 11.2. The molecule has 0 aliphatic carbocycles. The van der Waals surface area contributed by atoms with Crippen molar-refractivity contribution in [2.24, 2.45) is 5.73 Å². The molecule has 0 saturated heterocycles. The van der Waals surface area contributed by atoms with Crippen molar-refractivity contribution in [1.29, 1.82) is 0 Å². The third kappa shape index (κ3) is 7.30. The minimum absolute atomic E-state index is 0.0860. The van der Waals surface area contributed by atoms with Crippen molar-refractivity contribution in [2.45, 2.75) is 12.8 Å². The first-order chi connectivity index (χ1) is 18.8. The molecule has 0 aliphatic rings. The van der Waals surface area contributed by atoms with E-state index in [4.69, 9.17) is 10.5 Å². The Morgan fingerprint density at radius 3 is 2.28 bits per heavy atom. The summed E-state index contributed by atoms with van der Waals surface area (Å²) in [6.07, 6.45) is -1.00. The van der Waals surface area contributed by atoms with Gasteiger partial charge in [0.05, 0.1) is 11.6 Å². The number of nitrogens with one attached hydrogen (secondary N) is 3. The number of para-hydroxylation sites is 1. The number of amides is 4. The van der Waals surface area contributed by atoms with Crippen LogP contribution in [0.3, 0.4) is 0 Å². The van der Waals surface area contributed by atoms with E-state index in [1.807, 2.05) is 35.0 Å². The third-order valence-corrected chi connectivity index (χ3v) is 6.46. The van der Waals surface area contributed by atoms with Crippen molar-refractivity contribution in [3.63, 3.8) is 0 Å². The van der Waals surface area contributed by atoms with Gasteiger partial charge in [0, 0.05) is 24.7 Å². The molecule has 9 nitrogen and oxygen atoms in total. The van der Waals surface area contributed by atoms with Crippen molar-refractivity contribution < 1.29 is 23.9 Å². The zero-order valence-electron chi connectivity index (χ0n) is 21.0. The van der Waals surface area contributed by atoms with Gasteiger partial charge in [0.1, 0.15) is 0 Å². The monoisotopic (exact) mass is 542 g/mol. The predicted molar refractivity (Wildman–Crippen MR) is 151 cm³/mol. The highest BCUT2D eigenvalue weighted by molar-refractivity contribution is 7.08. The Morgan fingerprint density at radius 2 is 1.64 bits per heavy atom. The molecule has 10 heteroatoms. The lowest BCUT2D eigenvalue weighted by Gasteiger charge is -2.18. The highest BCUT2D eigenvalue weighted by atomic mass is 32.1. The summed E-state index contributed by atoms with van der Waals surface area (Å²) >= 11 is 1.53. The van der Waals surface area contributed by atoms with Gasteiger partial charge in [0.15, 0.2) is 5.75 Å². The second-order valence-corrected chi connectivity index (χ2v) is 9.35. The van der Waals surface area contributed by atoms with Crippen LogP contribution in [0.15, 0.2) is 89.6 Å². The SMILES string of the molecule is CC(=O)NCC(C(=O)Nc1ccccc1)c1ccc(C(=O)Nc2cc(-c3ccsc3)ccc2OC(N)=O)cc1. The highest BCUT2D eigenvalue weighted by Gasteiger charge is 2.22. The summed E-state index contributed by atoms with van der Waals surface area (Å²) in [5, 5.41) is 12.2. The lowest BCUT2D eigenvalue weighted by molar-refractivity contribution is -0.119. The molecule has 1 heterocycles. The Balaban J connectivity index is 1.54. The first kappa shape index (κ1) is 27.1. The quantitative estimate of drug-likeness (QED) is 0.236. The van der Waals surface area contributed by atoms with Crippen LogP contribution in [-0.2, 0) is 9.59 Å². The van der Waals surface area contributed by atoms with E-state index >= 15 is 0 Å². The van der Waals surface area contributed by atoms with Crippen LogP contribution in [0.4, 0.5) is 16.2 Å². The first-order valence-electron chi connectivity index (χ1n) is 12.0. The molecule has 4 amide bonds. The summed E-state index contributed by atoms with van der Waals surface area (Å²) in [5.41, 5.74) is 8.80. The molecule has 1 unspecified atom stereocenters. The summed E-state index contributed by atoms with van der Waals surface area (Å²) in [4.78, 5) is 49.1. The molecule has 4 rings (SSSR count). The van der Waals surface area contributed by atoms with Crippen LogP contribution in [0.5, 0.6) is 5.75 Å². The summed E-state index contributed by atoms with van der Waals surface area (Å²) < 4.78 is 5.07. The highest BCUT2D eigenvalue weighted by Crippen LogP contribution is 2.32. The maximum absolute atomic E-state index is 13.1. The zero-order valence-corrected chi connectivity index (χ0v) is 21.8. The molecule has 0 fully saturated rings. The topological polar surface area (TPSA) is 140 Å². The number of anilines is 2. The maximum Gasteiger partial charge on any atom is 0.410 e. The average molecular weight is 543 g/mol. The van der Waals surface area contributed by atoms with E-state index < -0.39 is 17.9 Å². The summed E-state index contributed by atoms with van der Waals surface area (Å²) in [5.74, 6) is -1.60. The standard InChI is InChI=1S/C29H26N4O5S/c1-18(34)31-16-24(28(36)32-23-5-3-2-4-6-23)19-7-9-20(10-8-19)27(35)33-25-15-21(22-13-14-39-17-22)11-12-26(25)38-29(30)37/h2-15,17,24H,16H2,1H3,(H2,30,37)(H,31,34)(H,32,36)(H,33,35). The molecule has 0 spiro atoms. The van der Waals surface area contributed by atoms with Gasteiger partial charge in [-0.3, -0.25) is 14.4 Å². The average Bonchev–Trinajstić information content (AvgIpc) is 3.45. The number of benzene rings is 3. The maximum atomic E-state index is 13.1. The smallest absolute Gasteiger partial charge is 0.408 e. The summed E-state index contributed by atoms with van der Waals surface area (Å²) in [6, 6.07) is 22.4. The number of carbonyl (C=O) groups excluding carboxylic acids is 4. The largest absolute Gasteiger partial charge is 0.410 e. The number of primary amides is 1. The van der Waals surface area contributed by atoms with Crippen molar-refractivity contribution in [2.75, 3.05) is 17.2 Å². The molecule has 0 bridgehead atoms. The van der Waals surface area contributed by atoms with Crippen LogP contribution in [0.25, 0.3) is 11.1 Å². The number of rotatable bonds is 9. The van der Waals surface area contributed by atoms with Crippen LogP contribution in [0.2, 0.25) is 0 Å². The van der Waals surface area contributed by atoms with E-state index in [0.29, 0.717) is 16.8 Å². The number of thiophene rings is 1. The van der Waals surface area contributed by atoms with Crippen molar-refractivity contribution in [3.8, 4) is 16.9 Å². The Morgan fingerprint density at radius 1 is 0.897 bits per heavy atom. The number of nitrogens with two attached hydrogens (primary N) is 1. The number of hydrogen-bond acceptors (Lipinski definition) is 6. The fraction of sp³-hybridized carbons (Fsp3) is 0.103. The molecule has 0 saturated carbocycles. The zero-order chi connectivity index (χ0) is 27.8. The van der Waals surface area contributed by atoms with E-state index in [1.54, 1.807) is 54.6 Å². The Bertz CT molecular complexity index is 1470. The van der Waals surface area contributed by atoms with Crippen LogP contribution >= 0.6 is 11.3 Å². The number of ether oxygens (including phenoxy) is 1. The molecule has 1 atom stereocenters. The van der Waals surface area contributed by atoms with Gasteiger partial charge in [-0.25, -0.2) is 4.79 Å². The van der Waals surface area contributed by atoms with Gasteiger partial charge in [0.25, 0.3) is 5.91 Å². The lowest BCUT2D eigenvalue weighted by Crippen LogP contribution is -2.33. The van der Waals surface area contributed by atoms with Gasteiger partial charge >= 0.3 is 6.09 Å². The Kier molecular flexibility index (Phi) is 8.70. The second kappa shape index (κ2) is 12.5. The van der Waals surface area contributed by atoms with E-state index in [2.05, 4.69) is 16.0 Å². The van der Waals surface area contributed by atoms with Gasteiger partial charge in [-0.15, -0.1) is 0 Å². The summed E-state index contributed by atoms with van der Waals surface area (Å²) in [6.45, 7) is 1.46. The fourth-order valence-electron chi connectivity index (χ4n) is 3.85. The van der Waals surface area contributed by atoms with Crippen molar-refractivity contribution >= 4 is 46.5 Å². The number of carbonyl (C=O) groups is 4.